The summed E-state index contributed by atoms with van der Waals surface area (Å²) in [5, 5.41) is 13.2. The van der Waals surface area contributed by atoms with Crippen LogP contribution in [0.4, 0.5) is 27.8 Å². The van der Waals surface area contributed by atoms with Crippen molar-refractivity contribution in [3.8, 4) is 5.75 Å². The molecule has 8 N–H and O–H groups in total. The minimum atomic E-state index is -0.659. The first-order valence-electron chi connectivity index (χ1n) is 9.95. The van der Waals surface area contributed by atoms with Gasteiger partial charge in [-0.3, -0.25) is 4.79 Å². The highest BCUT2D eigenvalue weighted by Gasteiger charge is 2.14. The van der Waals surface area contributed by atoms with E-state index in [0.29, 0.717) is 30.1 Å². The van der Waals surface area contributed by atoms with Gasteiger partial charge in [0.25, 0.3) is 0 Å². The number of nitrogen functional groups attached to an aromatic ring is 1. The number of nitrogens with one attached hydrogen (secondary N) is 2. The van der Waals surface area contributed by atoms with Crippen molar-refractivity contribution in [2.75, 3.05) is 31.4 Å². The van der Waals surface area contributed by atoms with E-state index in [4.69, 9.17) is 26.7 Å². The molecule has 172 valence electrons. The van der Waals surface area contributed by atoms with Crippen molar-refractivity contribution < 1.29 is 19.1 Å². The number of alkyl carbamates (subject to hydrolysis) is 1. The number of carbonyl (C=O) groups excluding carboxylic acids is 2. The largest absolute Gasteiger partial charge is 0.455 e. The smallest absolute Gasteiger partial charge is 0.409 e. The number of unbranched alkanes of at least 4 members (excludes halogenated alkanes) is 1. The van der Waals surface area contributed by atoms with Crippen LogP contribution in [0.5, 0.6) is 5.75 Å². The van der Waals surface area contributed by atoms with Crippen molar-refractivity contribution in [2.24, 2.45) is 21.7 Å². The highest BCUT2D eigenvalue weighted by atomic mass is 16.7. The van der Waals surface area contributed by atoms with Gasteiger partial charge in [0.05, 0.1) is 6.04 Å². The van der Waals surface area contributed by atoms with Crippen LogP contribution in [0.3, 0.4) is 0 Å². The van der Waals surface area contributed by atoms with Gasteiger partial charge in [0.1, 0.15) is 17.2 Å². The molecule has 0 spiro atoms. The average molecular weight is 444 g/mol. The summed E-state index contributed by atoms with van der Waals surface area (Å²) in [5.74, 6) is 0.341. The first-order valence-corrected chi connectivity index (χ1v) is 9.95. The molecule has 2 aromatic rings. The van der Waals surface area contributed by atoms with Gasteiger partial charge < -0.3 is 37.3 Å². The van der Waals surface area contributed by atoms with Crippen LogP contribution >= 0.6 is 0 Å². The number of azo groups is 1. The predicted molar refractivity (Wildman–Crippen MR) is 120 cm³/mol. The fourth-order valence-electron chi connectivity index (χ4n) is 2.47. The highest BCUT2D eigenvalue weighted by molar-refractivity contribution is 5.94. The quantitative estimate of drug-likeness (QED) is 0.198. The number of amides is 2. The minimum absolute atomic E-state index is 0.0737. The van der Waals surface area contributed by atoms with E-state index in [0.717, 1.165) is 12.8 Å². The van der Waals surface area contributed by atoms with Crippen molar-refractivity contribution in [3.63, 3.8) is 0 Å². The second-order valence-corrected chi connectivity index (χ2v) is 6.59. The summed E-state index contributed by atoms with van der Waals surface area (Å²) in [4.78, 5) is 27.4. The van der Waals surface area contributed by atoms with Crippen molar-refractivity contribution in [3.05, 3.63) is 36.4 Å². The third-order valence-electron chi connectivity index (χ3n) is 4.20. The van der Waals surface area contributed by atoms with E-state index in [1.54, 1.807) is 36.4 Å². The molecule has 2 amide bonds. The number of ether oxygens (including phenoxy) is 2. The van der Waals surface area contributed by atoms with Crippen LogP contribution in [0.15, 0.2) is 46.6 Å². The van der Waals surface area contributed by atoms with E-state index in [2.05, 4.69) is 25.8 Å². The summed E-state index contributed by atoms with van der Waals surface area (Å²) >= 11 is 0. The molecule has 12 heteroatoms. The molecule has 0 radical (unpaired) electrons. The van der Waals surface area contributed by atoms with Gasteiger partial charge in [-0.2, -0.15) is 0 Å². The molecule has 1 heterocycles. The lowest BCUT2D eigenvalue weighted by Gasteiger charge is -2.12. The summed E-state index contributed by atoms with van der Waals surface area (Å²) in [6.07, 6.45) is 1.48. The molecule has 0 saturated carbocycles. The van der Waals surface area contributed by atoms with Gasteiger partial charge >= 0.3 is 6.09 Å². The lowest BCUT2D eigenvalue weighted by molar-refractivity contribution is -0.117. The Hall–Kier alpha value is -3.77. The van der Waals surface area contributed by atoms with Crippen molar-refractivity contribution in [1.82, 2.24) is 10.3 Å². The van der Waals surface area contributed by atoms with Crippen LogP contribution < -0.4 is 32.6 Å². The normalized spacial score (nSPS) is 11.7. The molecule has 0 fully saturated rings. The number of pyridine rings is 1. The first kappa shape index (κ1) is 24.5. The van der Waals surface area contributed by atoms with Crippen molar-refractivity contribution >= 4 is 35.0 Å². The zero-order valence-electron chi connectivity index (χ0n) is 17.8. The molecule has 2 rings (SSSR count). The number of benzene rings is 1. The summed E-state index contributed by atoms with van der Waals surface area (Å²) in [6, 6.07) is 9.27. The third kappa shape index (κ3) is 7.81. The van der Waals surface area contributed by atoms with Gasteiger partial charge in [0, 0.05) is 7.05 Å². The lowest BCUT2D eigenvalue weighted by Crippen LogP contribution is -2.35. The van der Waals surface area contributed by atoms with Crippen LogP contribution in [0, 0.1) is 0 Å². The maximum Gasteiger partial charge on any atom is 0.409 e. The van der Waals surface area contributed by atoms with E-state index in [-0.39, 0.29) is 24.3 Å². The Balaban J connectivity index is 2.01. The second kappa shape index (κ2) is 12.8. The number of nitrogens with two attached hydrogens (primary N) is 3. The molecule has 0 unspecified atom stereocenters. The van der Waals surface area contributed by atoms with Gasteiger partial charge in [0.2, 0.25) is 12.7 Å². The van der Waals surface area contributed by atoms with E-state index in [9.17, 15) is 9.59 Å². The van der Waals surface area contributed by atoms with Crippen LogP contribution in [0.2, 0.25) is 0 Å². The van der Waals surface area contributed by atoms with Crippen molar-refractivity contribution in [1.29, 1.82) is 0 Å². The molecule has 1 aromatic carbocycles. The zero-order valence-corrected chi connectivity index (χ0v) is 17.8. The fraction of sp³-hybridized carbons (Fsp3) is 0.350. The number of anilines is 2. The number of hydrogen-bond donors (Lipinski definition) is 5. The average Bonchev–Trinajstić information content (AvgIpc) is 2.79. The maximum absolute atomic E-state index is 12.2. The van der Waals surface area contributed by atoms with Gasteiger partial charge in [-0.05, 0) is 43.7 Å². The molecular weight excluding hydrogens is 416 g/mol. The number of hydrogen-bond acceptors (Lipinski definition) is 10. The summed E-state index contributed by atoms with van der Waals surface area (Å²) in [6.45, 7) is 0.265. The Labute approximate surface area is 185 Å². The Morgan fingerprint density at radius 3 is 2.59 bits per heavy atom. The van der Waals surface area contributed by atoms with E-state index in [1.165, 1.54) is 7.05 Å². The first-order chi connectivity index (χ1) is 15.4. The van der Waals surface area contributed by atoms with Crippen molar-refractivity contribution in [2.45, 2.75) is 25.3 Å². The molecule has 12 nitrogen and oxygen atoms in total. The van der Waals surface area contributed by atoms with Crippen LogP contribution in [-0.2, 0) is 9.53 Å². The minimum Gasteiger partial charge on any atom is -0.455 e. The summed E-state index contributed by atoms with van der Waals surface area (Å²) in [5.41, 5.74) is 18.0. The number of rotatable bonds is 11. The SMILES string of the molecule is CNC(=O)OCOc1ccccc1/N=N/c1ccc(NC(=O)[C@@H](N)CCCCN)nc1N. The van der Waals surface area contributed by atoms with Crippen LogP contribution in [0.1, 0.15) is 19.3 Å². The standard InChI is InChI=1S/C20H28N8O4/c1-24-20(30)32-12-31-16-8-3-2-7-14(16)27-28-15-9-10-17(25-18(15)23)26-19(29)13(22)6-4-5-11-21/h2-3,7-10,13H,4-6,11-12,21-22H2,1H3,(H,24,30)(H3,23,25,26,29)/b28-27+/t13-/m0/s1. The molecule has 32 heavy (non-hydrogen) atoms. The molecule has 0 aliphatic rings. The van der Waals surface area contributed by atoms with Gasteiger partial charge in [-0.1, -0.05) is 18.6 Å². The maximum atomic E-state index is 12.2. The van der Waals surface area contributed by atoms with Crippen LogP contribution in [0.25, 0.3) is 0 Å². The summed E-state index contributed by atoms with van der Waals surface area (Å²) < 4.78 is 10.2. The molecule has 1 aromatic heterocycles. The number of para-hydroxylation sites is 1. The summed E-state index contributed by atoms with van der Waals surface area (Å²) in [7, 11) is 1.44. The molecule has 0 aliphatic carbocycles. The lowest BCUT2D eigenvalue weighted by atomic mass is 10.1. The Bertz CT molecular complexity index is 938. The zero-order chi connectivity index (χ0) is 23.3. The van der Waals surface area contributed by atoms with Gasteiger partial charge in [-0.25, -0.2) is 9.78 Å². The van der Waals surface area contributed by atoms with Gasteiger partial charge in [0.15, 0.2) is 11.6 Å². The Morgan fingerprint density at radius 2 is 1.88 bits per heavy atom. The Kier molecular flexibility index (Phi) is 9.81. The third-order valence-corrected chi connectivity index (χ3v) is 4.20. The van der Waals surface area contributed by atoms with Crippen LogP contribution in [-0.4, -0.2) is 43.4 Å². The number of aromatic nitrogens is 1. The van der Waals surface area contributed by atoms with Gasteiger partial charge in [-0.15, -0.1) is 10.2 Å². The Morgan fingerprint density at radius 1 is 1.12 bits per heavy atom. The molecule has 0 bridgehead atoms. The van der Waals surface area contributed by atoms with E-state index >= 15 is 0 Å². The topological polar surface area (TPSA) is 192 Å². The molecule has 1 atom stereocenters. The predicted octanol–water partition coefficient (Wildman–Crippen LogP) is 2.17. The second-order valence-electron chi connectivity index (χ2n) is 6.59. The monoisotopic (exact) mass is 444 g/mol. The molecule has 0 saturated heterocycles. The van der Waals surface area contributed by atoms with E-state index in [1.807, 2.05) is 0 Å². The highest BCUT2D eigenvalue weighted by Crippen LogP contribution is 2.30. The number of carbonyl (C=O) groups is 2. The number of nitrogens with zero attached hydrogens (tertiary/aromatic N) is 3. The molecule has 0 aliphatic heterocycles. The van der Waals surface area contributed by atoms with E-state index < -0.39 is 12.1 Å². The molecular formula is C20H28N8O4. The fourth-order valence-corrected chi connectivity index (χ4v) is 2.47.